The lowest BCUT2D eigenvalue weighted by atomic mass is 9.87. The van der Waals surface area contributed by atoms with Crippen LogP contribution in [0.25, 0.3) is 28.1 Å². The predicted octanol–water partition coefficient (Wildman–Crippen LogP) is 3.97. The first-order valence-corrected chi connectivity index (χ1v) is 9.60. The van der Waals surface area contributed by atoms with E-state index in [-0.39, 0.29) is 0 Å². The van der Waals surface area contributed by atoms with Gasteiger partial charge in [-0.25, -0.2) is 4.98 Å². The molecule has 0 aliphatic carbocycles. The van der Waals surface area contributed by atoms with E-state index in [1.807, 2.05) is 60.7 Å². The highest BCUT2D eigenvalue weighted by Crippen LogP contribution is 2.28. The maximum Gasteiger partial charge on any atom is 0.373 e. The van der Waals surface area contributed by atoms with Crippen LogP contribution in [0.5, 0.6) is 0 Å². The summed E-state index contributed by atoms with van der Waals surface area (Å²) in [5.74, 6) is 1.25. The number of hydrogen-bond acceptors (Lipinski definition) is 3. The second kappa shape index (κ2) is 7.61. The first-order chi connectivity index (χ1) is 13.9. The zero-order chi connectivity index (χ0) is 20.4. The number of para-hydroxylation sites is 3. The van der Waals surface area contributed by atoms with Crippen LogP contribution in [0.2, 0.25) is 0 Å². The Balaban J connectivity index is 1.68. The first-order valence-electron chi connectivity index (χ1n) is 9.60. The van der Waals surface area contributed by atoms with Gasteiger partial charge in [0.15, 0.2) is 0 Å². The number of rotatable bonds is 6. The molecule has 0 bridgehead atoms. The molecule has 0 spiro atoms. The van der Waals surface area contributed by atoms with Crippen molar-refractivity contribution in [1.29, 1.82) is 0 Å². The SMILES string of the molecule is C=C(OBc1ccc(-c2nc3ccccc3n2-c2ccccc2)cc1)C(C)(C)O. The van der Waals surface area contributed by atoms with Gasteiger partial charge in [0.2, 0.25) is 0 Å². The van der Waals surface area contributed by atoms with Crippen LogP contribution < -0.4 is 5.46 Å². The standard InChI is InChI=1S/C24H23BN2O2/c1-17(24(2,3)28)29-25-19-15-13-18(14-16-19)23-26-21-11-7-8-12-22(21)27(23)20-9-5-4-6-10-20/h4-16,25,28H,1H2,2-3H3. The van der Waals surface area contributed by atoms with E-state index in [1.165, 1.54) is 0 Å². The van der Waals surface area contributed by atoms with Crippen molar-refractivity contribution in [2.24, 2.45) is 0 Å². The summed E-state index contributed by atoms with van der Waals surface area (Å²) in [4.78, 5) is 4.88. The van der Waals surface area contributed by atoms with Crippen molar-refractivity contribution in [3.63, 3.8) is 0 Å². The molecular weight excluding hydrogens is 359 g/mol. The Hall–Kier alpha value is -3.31. The Morgan fingerprint density at radius 1 is 0.966 bits per heavy atom. The molecular formula is C24H23BN2O2. The highest BCUT2D eigenvalue weighted by Gasteiger charge is 2.19. The summed E-state index contributed by atoms with van der Waals surface area (Å²) in [6, 6.07) is 26.5. The van der Waals surface area contributed by atoms with Gasteiger partial charge in [-0.3, -0.25) is 4.57 Å². The van der Waals surface area contributed by atoms with Gasteiger partial charge in [-0.15, -0.1) is 0 Å². The fraction of sp³-hybridized carbons (Fsp3) is 0.125. The summed E-state index contributed by atoms with van der Waals surface area (Å²) >= 11 is 0. The van der Waals surface area contributed by atoms with Crippen molar-refractivity contribution in [3.8, 4) is 17.1 Å². The van der Waals surface area contributed by atoms with Crippen LogP contribution in [0.15, 0.2) is 91.2 Å². The second-order valence-electron chi connectivity index (χ2n) is 7.56. The number of nitrogens with zero attached hydrogens (tertiary/aromatic N) is 2. The molecule has 0 unspecified atom stereocenters. The smallest absolute Gasteiger partial charge is 0.373 e. The monoisotopic (exact) mass is 382 g/mol. The summed E-state index contributed by atoms with van der Waals surface area (Å²) in [7, 11) is 0.359. The lowest BCUT2D eigenvalue weighted by molar-refractivity contribution is 0.0802. The van der Waals surface area contributed by atoms with Crippen LogP contribution in [-0.4, -0.2) is 27.7 Å². The maximum absolute atomic E-state index is 9.93. The minimum atomic E-state index is -1.06. The van der Waals surface area contributed by atoms with Crippen LogP contribution in [0.4, 0.5) is 0 Å². The fourth-order valence-electron chi connectivity index (χ4n) is 3.16. The lowest BCUT2D eigenvalue weighted by Gasteiger charge is -2.21. The van der Waals surface area contributed by atoms with Gasteiger partial charge in [0.05, 0.1) is 16.8 Å². The third-order valence-corrected chi connectivity index (χ3v) is 4.88. The first kappa shape index (κ1) is 19.0. The Morgan fingerprint density at radius 3 is 2.31 bits per heavy atom. The Bertz CT molecular complexity index is 1140. The molecule has 144 valence electrons. The van der Waals surface area contributed by atoms with Crippen LogP contribution in [-0.2, 0) is 4.65 Å². The Labute approximate surface area is 171 Å². The highest BCUT2D eigenvalue weighted by atomic mass is 16.5. The lowest BCUT2D eigenvalue weighted by Crippen LogP contribution is -2.27. The largest absolute Gasteiger partial charge is 0.560 e. The molecule has 0 atom stereocenters. The molecule has 29 heavy (non-hydrogen) atoms. The number of aromatic nitrogens is 2. The molecule has 0 aliphatic rings. The van der Waals surface area contributed by atoms with E-state index in [9.17, 15) is 5.11 Å². The van der Waals surface area contributed by atoms with Crippen LogP contribution in [0.3, 0.4) is 0 Å². The molecule has 4 rings (SSSR count). The number of fused-ring (bicyclic) bond motifs is 1. The molecule has 0 saturated heterocycles. The van der Waals surface area contributed by atoms with Crippen molar-refractivity contribution in [2.45, 2.75) is 19.4 Å². The van der Waals surface area contributed by atoms with E-state index >= 15 is 0 Å². The maximum atomic E-state index is 9.93. The second-order valence-corrected chi connectivity index (χ2v) is 7.56. The molecule has 1 aromatic heterocycles. The van der Waals surface area contributed by atoms with Gasteiger partial charge in [0.1, 0.15) is 11.4 Å². The van der Waals surface area contributed by atoms with Gasteiger partial charge in [0.25, 0.3) is 0 Å². The van der Waals surface area contributed by atoms with Crippen molar-refractivity contribution >= 4 is 24.0 Å². The van der Waals surface area contributed by atoms with Crippen LogP contribution >= 0.6 is 0 Å². The molecule has 0 radical (unpaired) electrons. The number of benzene rings is 3. The number of aliphatic hydroxyl groups is 1. The highest BCUT2D eigenvalue weighted by molar-refractivity contribution is 6.47. The van der Waals surface area contributed by atoms with E-state index in [0.29, 0.717) is 13.2 Å². The predicted molar refractivity (Wildman–Crippen MR) is 120 cm³/mol. The third-order valence-electron chi connectivity index (χ3n) is 4.88. The minimum Gasteiger partial charge on any atom is -0.560 e. The molecule has 0 amide bonds. The molecule has 3 aromatic carbocycles. The van der Waals surface area contributed by atoms with E-state index < -0.39 is 5.60 Å². The van der Waals surface area contributed by atoms with Gasteiger partial charge in [0, 0.05) is 11.3 Å². The Kier molecular flexibility index (Phi) is 4.99. The zero-order valence-corrected chi connectivity index (χ0v) is 16.7. The molecule has 0 saturated carbocycles. The van der Waals surface area contributed by atoms with Gasteiger partial charge in [-0.1, -0.05) is 61.2 Å². The topological polar surface area (TPSA) is 47.3 Å². The van der Waals surface area contributed by atoms with Crippen LogP contribution in [0.1, 0.15) is 13.8 Å². The normalized spacial score (nSPS) is 11.4. The van der Waals surface area contributed by atoms with Gasteiger partial charge in [-0.05, 0) is 43.6 Å². The van der Waals surface area contributed by atoms with Crippen molar-refractivity contribution in [3.05, 3.63) is 91.2 Å². The fourth-order valence-corrected chi connectivity index (χ4v) is 3.16. The third kappa shape index (κ3) is 3.96. The summed E-state index contributed by atoms with van der Waals surface area (Å²) in [5.41, 5.74) is 4.07. The molecule has 1 heterocycles. The number of imidazole rings is 1. The summed E-state index contributed by atoms with van der Waals surface area (Å²) < 4.78 is 7.79. The minimum absolute atomic E-state index is 0.354. The quantitative estimate of drug-likeness (QED) is 0.406. The van der Waals surface area contributed by atoms with Crippen molar-refractivity contribution < 1.29 is 9.76 Å². The average Bonchev–Trinajstić information content (AvgIpc) is 3.12. The van der Waals surface area contributed by atoms with Crippen LogP contribution in [0, 0.1) is 0 Å². The number of hydrogen-bond donors (Lipinski definition) is 1. The van der Waals surface area contributed by atoms with Gasteiger partial charge >= 0.3 is 7.48 Å². The van der Waals surface area contributed by atoms with E-state index in [2.05, 4.69) is 29.3 Å². The van der Waals surface area contributed by atoms with Crippen molar-refractivity contribution in [1.82, 2.24) is 9.55 Å². The zero-order valence-electron chi connectivity index (χ0n) is 16.7. The van der Waals surface area contributed by atoms with E-state index in [4.69, 9.17) is 9.64 Å². The van der Waals surface area contributed by atoms with E-state index in [1.54, 1.807) is 13.8 Å². The van der Waals surface area contributed by atoms with Gasteiger partial charge < -0.3 is 9.76 Å². The molecule has 5 heteroatoms. The Morgan fingerprint density at radius 2 is 1.62 bits per heavy atom. The summed E-state index contributed by atoms with van der Waals surface area (Å²) in [6.45, 7) is 7.11. The van der Waals surface area contributed by atoms with Crippen molar-refractivity contribution in [2.75, 3.05) is 0 Å². The molecule has 0 fully saturated rings. The molecule has 0 aliphatic heterocycles. The average molecular weight is 382 g/mol. The van der Waals surface area contributed by atoms with E-state index in [0.717, 1.165) is 33.6 Å². The molecule has 4 nitrogen and oxygen atoms in total. The molecule has 4 aromatic rings. The molecule has 1 N–H and O–H groups in total. The summed E-state index contributed by atoms with van der Waals surface area (Å²) in [6.07, 6.45) is 0. The van der Waals surface area contributed by atoms with Gasteiger partial charge in [-0.2, -0.15) is 0 Å². The summed E-state index contributed by atoms with van der Waals surface area (Å²) in [5, 5.41) is 9.93.